The average molecular weight is 790 g/mol. The lowest BCUT2D eigenvalue weighted by Gasteiger charge is -2.34. The Morgan fingerprint density at radius 3 is 2.45 bits per heavy atom. The molecule has 56 heavy (non-hydrogen) atoms. The number of fused-ring (bicyclic) bond motifs is 4. The number of carboxylic acid groups (broad SMARTS) is 1. The van der Waals surface area contributed by atoms with E-state index in [1.54, 1.807) is 18.3 Å². The molecule has 12 heteroatoms. The molecular formula is C44H42Cl2N6O4. The van der Waals surface area contributed by atoms with E-state index in [2.05, 4.69) is 21.0 Å². The van der Waals surface area contributed by atoms with Crippen LogP contribution in [0.3, 0.4) is 0 Å². The van der Waals surface area contributed by atoms with Crippen LogP contribution in [0.25, 0.3) is 32.9 Å². The lowest BCUT2D eigenvalue weighted by atomic mass is 9.98. The maximum Gasteiger partial charge on any atom is 0.335 e. The molecule has 5 heterocycles. The third kappa shape index (κ3) is 6.30. The summed E-state index contributed by atoms with van der Waals surface area (Å²) >= 11 is 13.6. The van der Waals surface area contributed by atoms with Gasteiger partial charge in [-0.15, -0.1) is 0 Å². The summed E-state index contributed by atoms with van der Waals surface area (Å²) in [5, 5.41) is 17.7. The highest BCUT2D eigenvalue weighted by Crippen LogP contribution is 2.46. The highest BCUT2D eigenvalue weighted by Gasteiger charge is 2.38. The van der Waals surface area contributed by atoms with Gasteiger partial charge in [0.1, 0.15) is 11.4 Å². The van der Waals surface area contributed by atoms with Crippen molar-refractivity contribution in [3.63, 3.8) is 0 Å². The normalized spacial score (nSPS) is 14.2. The lowest BCUT2D eigenvalue weighted by Crippen LogP contribution is -2.42. The number of pyridine rings is 1. The van der Waals surface area contributed by atoms with E-state index in [1.807, 2.05) is 99.2 Å². The molecule has 0 radical (unpaired) electrons. The molecule has 0 bridgehead atoms. The van der Waals surface area contributed by atoms with Crippen LogP contribution >= 0.6 is 23.2 Å². The molecule has 3 aromatic carbocycles. The number of aromatic nitrogens is 5. The zero-order valence-corrected chi connectivity index (χ0v) is 33.7. The molecule has 0 unspecified atom stereocenters. The number of aromatic carboxylic acids is 1. The van der Waals surface area contributed by atoms with E-state index >= 15 is 4.79 Å². The number of hydrogen-bond acceptors (Lipinski definition) is 5. The van der Waals surface area contributed by atoms with Crippen molar-refractivity contribution < 1.29 is 19.4 Å². The van der Waals surface area contributed by atoms with Crippen LogP contribution in [0.5, 0.6) is 5.75 Å². The lowest BCUT2D eigenvalue weighted by molar-refractivity contribution is 0.0696. The molecule has 0 spiro atoms. The van der Waals surface area contributed by atoms with E-state index in [9.17, 15) is 9.90 Å². The number of rotatable bonds is 10. The van der Waals surface area contributed by atoms with Gasteiger partial charge < -0.3 is 23.9 Å². The summed E-state index contributed by atoms with van der Waals surface area (Å²) in [5.41, 5.74) is 10.6. The standard InChI is InChI=1S/C44H42Cl2N6O4/c1-24-17-31(18-25(2)40(24)46)56-16-8-10-32-33-12-13-35(45)39(38-27(4)48-49(6)28(38)5)41(33)52-26(3)21-51(43(53)42(32)52)37-23-50(22-29-9-7-15-47-20-29)36-14-11-30(44(54)55)19-34(36)37/h7,9,11-15,17-20,23,26H,8,10,16,21-22H2,1-6H3,(H,54,55)/t26-/m1/s1. The highest BCUT2D eigenvalue weighted by molar-refractivity contribution is 6.35. The molecule has 8 rings (SSSR count). The largest absolute Gasteiger partial charge is 0.494 e. The fourth-order valence-electron chi connectivity index (χ4n) is 8.38. The number of hydrogen-bond donors (Lipinski definition) is 1. The van der Waals surface area contributed by atoms with Gasteiger partial charge in [-0.2, -0.15) is 5.10 Å². The molecule has 286 valence electrons. The zero-order chi connectivity index (χ0) is 39.6. The molecule has 1 amide bonds. The Morgan fingerprint density at radius 2 is 1.77 bits per heavy atom. The van der Waals surface area contributed by atoms with Gasteiger partial charge in [0.25, 0.3) is 5.91 Å². The molecule has 10 nitrogen and oxygen atoms in total. The van der Waals surface area contributed by atoms with Gasteiger partial charge in [0.05, 0.1) is 39.6 Å². The van der Waals surface area contributed by atoms with Crippen molar-refractivity contribution in [2.45, 2.75) is 60.0 Å². The van der Waals surface area contributed by atoms with Crippen LogP contribution in [0.2, 0.25) is 10.0 Å². The second kappa shape index (κ2) is 14.5. The van der Waals surface area contributed by atoms with Crippen LogP contribution in [0, 0.1) is 27.7 Å². The van der Waals surface area contributed by atoms with Gasteiger partial charge in [-0.05, 0) is 112 Å². The molecule has 0 fully saturated rings. The van der Waals surface area contributed by atoms with Crippen LogP contribution in [0.15, 0.2) is 73.2 Å². The Balaban J connectivity index is 1.27. The van der Waals surface area contributed by atoms with Crippen molar-refractivity contribution in [2.75, 3.05) is 18.1 Å². The SMILES string of the molecule is Cc1cc(OCCCc2c3n(c4c(-c5c(C)nn(C)c5C)c(Cl)ccc24)[C@H](C)CN(c2cn(Cc4cccnc4)c4ccc(C(=O)O)cc24)C3=O)cc(C)c1Cl. The number of carbonyl (C=O) groups is 2. The molecule has 0 saturated carbocycles. The third-order valence-corrected chi connectivity index (χ3v) is 11.9. The first-order chi connectivity index (χ1) is 26.8. The molecule has 1 aliphatic rings. The monoisotopic (exact) mass is 788 g/mol. The smallest absolute Gasteiger partial charge is 0.335 e. The topological polar surface area (TPSA) is 107 Å². The minimum Gasteiger partial charge on any atom is -0.494 e. The molecule has 1 atom stereocenters. The summed E-state index contributed by atoms with van der Waals surface area (Å²) in [5.74, 6) is -0.443. The van der Waals surface area contributed by atoms with E-state index in [0.717, 1.165) is 72.0 Å². The highest BCUT2D eigenvalue weighted by atomic mass is 35.5. The molecule has 0 saturated heterocycles. The second-order valence-corrected chi connectivity index (χ2v) is 15.6. The Hall–Kier alpha value is -5.58. The van der Waals surface area contributed by atoms with Gasteiger partial charge in [0, 0.05) is 77.4 Å². The van der Waals surface area contributed by atoms with Crippen molar-refractivity contribution in [2.24, 2.45) is 7.05 Å². The number of anilines is 1. The van der Waals surface area contributed by atoms with Crippen molar-refractivity contribution in [3.05, 3.63) is 128 Å². The van der Waals surface area contributed by atoms with Crippen LogP contribution in [-0.2, 0) is 20.0 Å². The summed E-state index contributed by atoms with van der Waals surface area (Å²) in [6, 6.07) is 16.6. The summed E-state index contributed by atoms with van der Waals surface area (Å²) in [6.07, 6.45) is 6.70. The van der Waals surface area contributed by atoms with Gasteiger partial charge in [-0.1, -0.05) is 35.3 Å². The van der Waals surface area contributed by atoms with Crippen LogP contribution in [0.4, 0.5) is 5.69 Å². The van der Waals surface area contributed by atoms with E-state index in [1.165, 1.54) is 0 Å². The van der Waals surface area contributed by atoms with E-state index in [-0.39, 0.29) is 17.5 Å². The van der Waals surface area contributed by atoms with E-state index in [4.69, 9.17) is 33.0 Å². The van der Waals surface area contributed by atoms with Crippen LogP contribution < -0.4 is 9.64 Å². The number of halogens is 2. The van der Waals surface area contributed by atoms with Gasteiger partial charge >= 0.3 is 5.97 Å². The maximum absolute atomic E-state index is 15.3. The zero-order valence-electron chi connectivity index (χ0n) is 32.2. The van der Waals surface area contributed by atoms with Crippen molar-refractivity contribution >= 4 is 62.6 Å². The number of aryl methyl sites for hydroxylation is 5. The Labute approximate surface area is 334 Å². The van der Waals surface area contributed by atoms with Crippen LogP contribution in [-0.4, -0.2) is 54.0 Å². The van der Waals surface area contributed by atoms with Crippen molar-refractivity contribution in [1.29, 1.82) is 0 Å². The quantitative estimate of drug-likeness (QED) is 0.138. The molecular weight excluding hydrogens is 747 g/mol. The average Bonchev–Trinajstić information content (AvgIpc) is 3.78. The van der Waals surface area contributed by atoms with Crippen LogP contribution in [0.1, 0.15) is 73.9 Å². The summed E-state index contributed by atoms with van der Waals surface area (Å²) in [6.45, 7) is 11.4. The fourth-order valence-corrected chi connectivity index (χ4v) is 8.74. The number of nitrogens with zero attached hydrogens (tertiary/aromatic N) is 6. The minimum atomic E-state index is -1.03. The Kier molecular flexibility index (Phi) is 9.66. The van der Waals surface area contributed by atoms with Gasteiger partial charge in [0.2, 0.25) is 0 Å². The number of carboxylic acids is 1. The summed E-state index contributed by atoms with van der Waals surface area (Å²) in [4.78, 5) is 33.6. The Bertz CT molecular complexity index is 2690. The number of carbonyl (C=O) groups excluding carboxylic acids is 1. The Morgan fingerprint density at radius 1 is 1.00 bits per heavy atom. The molecule has 1 aliphatic heterocycles. The minimum absolute atomic E-state index is 0.151. The van der Waals surface area contributed by atoms with E-state index < -0.39 is 5.97 Å². The second-order valence-electron chi connectivity index (χ2n) is 14.8. The van der Waals surface area contributed by atoms with E-state index in [0.29, 0.717) is 54.3 Å². The van der Waals surface area contributed by atoms with Gasteiger partial charge in [-0.3, -0.25) is 14.5 Å². The third-order valence-electron chi connectivity index (χ3n) is 11.0. The molecule has 1 N–H and O–H groups in total. The van der Waals surface area contributed by atoms with Crippen molar-refractivity contribution in [1.82, 2.24) is 23.9 Å². The molecule has 7 aromatic rings. The van der Waals surface area contributed by atoms with Gasteiger partial charge in [-0.25, -0.2) is 4.79 Å². The maximum atomic E-state index is 15.3. The number of benzene rings is 3. The number of ether oxygens (including phenoxy) is 1. The fraction of sp³-hybridized carbons (Fsp3) is 0.273. The first kappa shape index (κ1) is 37.3. The molecule has 4 aromatic heterocycles. The van der Waals surface area contributed by atoms with Crippen molar-refractivity contribution in [3.8, 4) is 16.9 Å². The predicted molar refractivity (Wildman–Crippen MR) is 222 cm³/mol. The molecule has 0 aliphatic carbocycles. The summed E-state index contributed by atoms with van der Waals surface area (Å²) in [7, 11) is 1.92. The van der Waals surface area contributed by atoms with Gasteiger partial charge in [0.15, 0.2) is 0 Å². The predicted octanol–water partition coefficient (Wildman–Crippen LogP) is 9.91. The summed E-state index contributed by atoms with van der Waals surface area (Å²) < 4.78 is 12.3. The number of amides is 1. The first-order valence-corrected chi connectivity index (χ1v) is 19.4. The first-order valence-electron chi connectivity index (χ1n) is 18.7.